The summed E-state index contributed by atoms with van der Waals surface area (Å²) in [7, 11) is 0. The normalized spacial score (nSPS) is 35.6. The summed E-state index contributed by atoms with van der Waals surface area (Å²) in [6.07, 6.45) is 4.31. The van der Waals surface area contributed by atoms with Gasteiger partial charge in [-0.3, -0.25) is 4.90 Å². The van der Waals surface area contributed by atoms with E-state index in [0.717, 1.165) is 17.2 Å². The monoisotopic (exact) mass is 256 g/mol. The maximum Gasteiger partial charge on any atom is 0.0218 e. The number of hydrogen-bond donors (Lipinski definition) is 1. The molecule has 100 valence electrons. The second-order valence-corrected chi connectivity index (χ2v) is 7.42. The smallest absolute Gasteiger partial charge is 0.0218 e. The van der Waals surface area contributed by atoms with Gasteiger partial charge in [0, 0.05) is 37.0 Å². The van der Waals surface area contributed by atoms with Crippen molar-refractivity contribution >= 4 is 11.8 Å². The van der Waals surface area contributed by atoms with Gasteiger partial charge in [0.2, 0.25) is 0 Å². The first-order chi connectivity index (χ1) is 8.20. The topological polar surface area (TPSA) is 15.3 Å². The van der Waals surface area contributed by atoms with Gasteiger partial charge in [-0.2, -0.15) is 11.8 Å². The van der Waals surface area contributed by atoms with Crippen molar-refractivity contribution < 1.29 is 0 Å². The van der Waals surface area contributed by atoms with Gasteiger partial charge in [-0.1, -0.05) is 20.8 Å². The Morgan fingerprint density at radius 2 is 2.18 bits per heavy atom. The fourth-order valence-electron chi connectivity index (χ4n) is 3.22. The molecule has 2 aliphatic rings. The lowest BCUT2D eigenvalue weighted by atomic mass is 10.0. The van der Waals surface area contributed by atoms with Gasteiger partial charge in [0.15, 0.2) is 0 Å². The molecule has 3 heteroatoms. The van der Waals surface area contributed by atoms with Gasteiger partial charge >= 0.3 is 0 Å². The van der Waals surface area contributed by atoms with Crippen molar-refractivity contribution in [1.82, 2.24) is 10.2 Å². The number of hydrogen-bond acceptors (Lipinski definition) is 3. The standard InChI is InChI=1S/C14H28N2S/c1-4-17-13-6-5-12(9-13)16-8-7-15-14(10-16)11(2)3/h11-15H,4-10H2,1-3H3. The zero-order valence-corrected chi connectivity index (χ0v) is 12.4. The number of rotatable bonds is 4. The largest absolute Gasteiger partial charge is 0.311 e. The molecule has 2 rings (SSSR count). The summed E-state index contributed by atoms with van der Waals surface area (Å²) in [5.74, 6) is 2.05. The van der Waals surface area contributed by atoms with Crippen LogP contribution in [0.3, 0.4) is 0 Å². The minimum absolute atomic E-state index is 0.710. The highest BCUT2D eigenvalue weighted by molar-refractivity contribution is 7.99. The average Bonchev–Trinajstić information content (AvgIpc) is 2.78. The third-order valence-corrected chi connectivity index (χ3v) is 5.55. The number of nitrogens with zero attached hydrogens (tertiary/aromatic N) is 1. The maximum absolute atomic E-state index is 3.66. The quantitative estimate of drug-likeness (QED) is 0.832. The minimum atomic E-state index is 0.710. The lowest BCUT2D eigenvalue weighted by Gasteiger charge is -2.39. The fraction of sp³-hybridized carbons (Fsp3) is 1.00. The lowest BCUT2D eigenvalue weighted by Crippen LogP contribution is -2.55. The first-order valence-electron chi connectivity index (χ1n) is 7.29. The van der Waals surface area contributed by atoms with Crippen molar-refractivity contribution in [3.8, 4) is 0 Å². The van der Waals surface area contributed by atoms with Crippen LogP contribution in [0.2, 0.25) is 0 Å². The molecule has 0 amide bonds. The van der Waals surface area contributed by atoms with E-state index in [9.17, 15) is 0 Å². The third-order valence-electron chi connectivity index (χ3n) is 4.32. The summed E-state index contributed by atoms with van der Waals surface area (Å²) in [6.45, 7) is 10.7. The predicted molar refractivity (Wildman–Crippen MR) is 77.8 cm³/mol. The molecule has 0 aromatic rings. The Kier molecular flexibility index (Phi) is 5.19. The molecule has 3 atom stereocenters. The maximum atomic E-state index is 3.66. The highest BCUT2D eigenvalue weighted by atomic mass is 32.2. The van der Waals surface area contributed by atoms with Gasteiger partial charge < -0.3 is 5.32 Å². The van der Waals surface area contributed by atoms with Gasteiger partial charge in [-0.15, -0.1) is 0 Å². The van der Waals surface area contributed by atoms with E-state index >= 15 is 0 Å². The Balaban J connectivity index is 1.82. The van der Waals surface area contributed by atoms with E-state index in [2.05, 4.69) is 42.7 Å². The van der Waals surface area contributed by atoms with Crippen LogP contribution in [0.15, 0.2) is 0 Å². The Bertz CT molecular complexity index is 232. The Morgan fingerprint density at radius 3 is 2.88 bits per heavy atom. The molecule has 0 spiro atoms. The molecular formula is C14H28N2S. The molecule has 1 saturated heterocycles. The van der Waals surface area contributed by atoms with Crippen molar-refractivity contribution in [3.63, 3.8) is 0 Å². The minimum Gasteiger partial charge on any atom is -0.311 e. The van der Waals surface area contributed by atoms with Crippen LogP contribution < -0.4 is 5.32 Å². The van der Waals surface area contributed by atoms with E-state index in [4.69, 9.17) is 0 Å². The molecule has 1 aliphatic carbocycles. The molecule has 1 N–H and O–H groups in total. The molecule has 2 fully saturated rings. The molecule has 0 aromatic heterocycles. The number of thioether (sulfide) groups is 1. The summed E-state index contributed by atoms with van der Waals surface area (Å²) in [6, 6.07) is 1.59. The molecule has 2 nitrogen and oxygen atoms in total. The van der Waals surface area contributed by atoms with E-state index in [0.29, 0.717) is 6.04 Å². The first-order valence-corrected chi connectivity index (χ1v) is 8.34. The summed E-state index contributed by atoms with van der Waals surface area (Å²) in [5, 5.41) is 4.60. The van der Waals surface area contributed by atoms with Crippen molar-refractivity contribution in [2.24, 2.45) is 5.92 Å². The van der Waals surface area contributed by atoms with Crippen LogP contribution in [0.5, 0.6) is 0 Å². The molecule has 3 unspecified atom stereocenters. The van der Waals surface area contributed by atoms with Crippen LogP contribution in [-0.4, -0.2) is 47.6 Å². The van der Waals surface area contributed by atoms with E-state index in [-0.39, 0.29) is 0 Å². The van der Waals surface area contributed by atoms with E-state index in [1.54, 1.807) is 0 Å². The van der Waals surface area contributed by atoms with Crippen LogP contribution in [0, 0.1) is 5.92 Å². The van der Waals surface area contributed by atoms with Gasteiger partial charge in [-0.25, -0.2) is 0 Å². The van der Waals surface area contributed by atoms with Gasteiger partial charge in [0.05, 0.1) is 0 Å². The van der Waals surface area contributed by atoms with E-state index in [1.165, 1.54) is 44.6 Å². The van der Waals surface area contributed by atoms with Crippen LogP contribution in [-0.2, 0) is 0 Å². The van der Waals surface area contributed by atoms with E-state index < -0.39 is 0 Å². The van der Waals surface area contributed by atoms with Crippen LogP contribution >= 0.6 is 11.8 Å². The van der Waals surface area contributed by atoms with Crippen molar-refractivity contribution in [2.45, 2.75) is 57.4 Å². The first kappa shape index (κ1) is 13.7. The third kappa shape index (κ3) is 3.62. The van der Waals surface area contributed by atoms with Crippen LogP contribution in [0.4, 0.5) is 0 Å². The molecule has 1 aliphatic heterocycles. The lowest BCUT2D eigenvalue weighted by molar-refractivity contribution is 0.128. The molecular weight excluding hydrogens is 228 g/mol. The molecule has 0 aromatic carbocycles. The zero-order valence-electron chi connectivity index (χ0n) is 11.6. The highest BCUT2D eigenvalue weighted by Crippen LogP contribution is 2.33. The summed E-state index contributed by atoms with van der Waals surface area (Å²) >= 11 is 2.17. The predicted octanol–water partition coefficient (Wildman–Crippen LogP) is 2.59. The fourth-order valence-corrected chi connectivity index (χ4v) is 4.35. The molecule has 1 saturated carbocycles. The number of piperazine rings is 1. The van der Waals surface area contributed by atoms with Crippen molar-refractivity contribution in [2.75, 3.05) is 25.4 Å². The van der Waals surface area contributed by atoms with Crippen LogP contribution in [0.25, 0.3) is 0 Å². The van der Waals surface area contributed by atoms with Gasteiger partial charge in [-0.05, 0) is 30.9 Å². The molecule has 0 bridgehead atoms. The zero-order chi connectivity index (χ0) is 12.3. The SMILES string of the molecule is CCSC1CCC(N2CCNC(C(C)C)C2)C1. The second-order valence-electron chi connectivity index (χ2n) is 5.84. The van der Waals surface area contributed by atoms with Crippen molar-refractivity contribution in [3.05, 3.63) is 0 Å². The molecule has 17 heavy (non-hydrogen) atoms. The Labute approximate surface area is 111 Å². The number of nitrogens with one attached hydrogen (secondary N) is 1. The Morgan fingerprint density at radius 1 is 1.35 bits per heavy atom. The highest BCUT2D eigenvalue weighted by Gasteiger charge is 2.32. The average molecular weight is 256 g/mol. The van der Waals surface area contributed by atoms with Crippen LogP contribution in [0.1, 0.15) is 40.0 Å². The summed E-state index contributed by atoms with van der Waals surface area (Å²) in [5.41, 5.74) is 0. The molecule has 1 heterocycles. The second kappa shape index (κ2) is 6.44. The summed E-state index contributed by atoms with van der Waals surface area (Å²) < 4.78 is 0. The van der Waals surface area contributed by atoms with Gasteiger partial charge in [0.25, 0.3) is 0 Å². The Hall–Kier alpha value is 0.270. The molecule has 0 radical (unpaired) electrons. The van der Waals surface area contributed by atoms with E-state index in [1.807, 2.05) is 0 Å². The van der Waals surface area contributed by atoms with Gasteiger partial charge in [0.1, 0.15) is 0 Å². The summed E-state index contributed by atoms with van der Waals surface area (Å²) in [4.78, 5) is 2.76. The van der Waals surface area contributed by atoms with Crippen molar-refractivity contribution in [1.29, 1.82) is 0 Å².